The highest BCUT2D eigenvalue weighted by Crippen LogP contribution is 2.24. The van der Waals surface area contributed by atoms with E-state index in [4.69, 9.17) is 9.52 Å². The maximum Gasteiger partial charge on any atom is 0.357 e. The zero-order chi connectivity index (χ0) is 13.6. The summed E-state index contributed by atoms with van der Waals surface area (Å²) < 4.78 is 5.04. The third kappa shape index (κ3) is 4.77. The van der Waals surface area contributed by atoms with Gasteiger partial charge >= 0.3 is 5.97 Å². The third-order valence-electron chi connectivity index (χ3n) is 2.90. The van der Waals surface area contributed by atoms with Gasteiger partial charge in [-0.05, 0) is 11.8 Å². The summed E-state index contributed by atoms with van der Waals surface area (Å²) in [6.45, 7) is 7.26. The van der Waals surface area contributed by atoms with E-state index < -0.39 is 5.97 Å². The first-order chi connectivity index (χ1) is 8.44. The molecule has 0 aromatic carbocycles. The molecule has 1 rings (SSSR count). The second kappa shape index (κ2) is 6.42. The number of unbranched alkanes of at least 4 members (excludes halogenated alkanes) is 2. The second-order valence-corrected chi connectivity index (χ2v) is 5.32. The number of oxazole rings is 1. The molecule has 0 aliphatic carbocycles. The molecule has 0 unspecified atom stereocenters. The Morgan fingerprint density at radius 1 is 1.50 bits per heavy atom. The first kappa shape index (κ1) is 14.5. The Morgan fingerprint density at radius 3 is 2.78 bits per heavy atom. The van der Waals surface area contributed by atoms with Gasteiger partial charge in [0.25, 0.3) is 6.01 Å². The van der Waals surface area contributed by atoms with Crippen molar-refractivity contribution in [1.29, 1.82) is 0 Å². The lowest BCUT2D eigenvalue weighted by Crippen LogP contribution is -2.23. The topological polar surface area (TPSA) is 75.4 Å². The van der Waals surface area contributed by atoms with Gasteiger partial charge in [-0.2, -0.15) is 4.98 Å². The van der Waals surface area contributed by atoms with E-state index in [1.165, 1.54) is 19.3 Å². The number of anilines is 1. The van der Waals surface area contributed by atoms with Crippen LogP contribution in [-0.2, 0) is 0 Å². The maximum atomic E-state index is 10.6. The number of nitrogens with one attached hydrogen (secondary N) is 1. The summed E-state index contributed by atoms with van der Waals surface area (Å²) in [5, 5.41) is 11.8. The Hall–Kier alpha value is -1.52. The molecule has 0 bridgehead atoms. The molecular formula is C13H22N2O3. The van der Waals surface area contributed by atoms with Crippen LogP contribution in [0.25, 0.3) is 0 Å². The van der Waals surface area contributed by atoms with Crippen molar-refractivity contribution >= 4 is 12.0 Å². The molecule has 2 N–H and O–H groups in total. The Balaban J connectivity index is 2.40. The van der Waals surface area contributed by atoms with Crippen molar-refractivity contribution in [1.82, 2.24) is 4.98 Å². The van der Waals surface area contributed by atoms with Gasteiger partial charge in [-0.3, -0.25) is 0 Å². The van der Waals surface area contributed by atoms with E-state index in [-0.39, 0.29) is 17.1 Å². The molecular weight excluding hydrogens is 232 g/mol. The lowest BCUT2D eigenvalue weighted by molar-refractivity contribution is 0.0690. The van der Waals surface area contributed by atoms with Gasteiger partial charge in [0, 0.05) is 6.54 Å². The van der Waals surface area contributed by atoms with E-state index >= 15 is 0 Å². The summed E-state index contributed by atoms with van der Waals surface area (Å²) in [4.78, 5) is 14.5. The molecule has 1 aromatic heterocycles. The van der Waals surface area contributed by atoms with Gasteiger partial charge in [0.15, 0.2) is 5.69 Å². The van der Waals surface area contributed by atoms with Crippen LogP contribution in [0.3, 0.4) is 0 Å². The summed E-state index contributed by atoms with van der Waals surface area (Å²) in [6.07, 6.45) is 5.93. The number of carboxylic acids is 1. The highest BCUT2D eigenvalue weighted by atomic mass is 16.4. The summed E-state index contributed by atoms with van der Waals surface area (Å²) in [7, 11) is 0. The summed E-state index contributed by atoms with van der Waals surface area (Å²) in [5.41, 5.74) is 0.0776. The minimum absolute atomic E-state index is 0.0683. The lowest BCUT2D eigenvalue weighted by Gasteiger charge is -2.24. The lowest BCUT2D eigenvalue weighted by atomic mass is 9.87. The number of aromatic carboxylic acids is 1. The highest BCUT2D eigenvalue weighted by molar-refractivity contribution is 5.85. The number of nitrogens with zero attached hydrogens (tertiary/aromatic N) is 1. The van der Waals surface area contributed by atoms with E-state index in [0.29, 0.717) is 0 Å². The number of rotatable bonds is 8. The first-order valence-electron chi connectivity index (χ1n) is 6.37. The average molecular weight is 254 g/mol. The Bertz CT molecular complexity index is 385. The maximum absolute atomic E-state index is 10.6. The van der Waals surface area contributed by atoms with Crippen LogP contribution in [-0.4, -0.2) is 22.6 Å². The summed E-state index contributed by atoms with van der Waals surface area (Å²) in [6, 6.07) is 0.274. The van der Waals surface area contributed by atoms with E-state index in [9.17, 15) is 4.79 Å². The van der Waals surface area contributed by atoms with Crippen molar-refractivity contribution < 1.29 is 14.3 Å². The molecule has 0 amide bonds. The highest BCUT2D eigenvalue weighted by Gasteiger charge is 2.18. The largest absolute Gasteiger partial charge is 0.476 e. The van der Waals surface area contributed by atoms with E-state index in [1.807, 2.05) is 0 Å². The molecule has 0 aliphatic heterocycles. The minimum Gasteiger partial charge on any atom is -0.476 e. The van der Waals surface area contributed by atoms with Crippen molar-refractivity contribution in [2.75, 3.05) is 11.9 Å². The number of carbonyl (C=O) groups is 1. The average Bonchev–Trinajstić information content (AvgIpc) is 2.75. The predicted octanol–water partition coefficient (Wildman–Crippen LogP) is 3.39. The smallest absolute Gasteiger partial charge is 0.357 e. The van der Waals surface area contributed by atoms with Gasteiger partial charge in [0.05, 0.1) is 0 Å². The predicted molar refractivity (Wildman–Crippen MR) is 69.9 cm³/mol. The number of hydrogen-bond donors (Lipinski definition) is 2. The van der Waals surface area contributed by atoms with Crippen LogP contribution in [0.2, 0.25) is 0 Å². The van der Waals surface area contributed by atoms with Crippen LogP contribution in [0.5, 0.6) is 0 Å². The van der Waals surface area contributed by atoms with Crippen LogP contribution in [0.4, 0.5) is 6.01 Å². The summed E-state index contributed by atoms with van der Waals surface area (Å²) >= 11 is 0. The van der Waals surface area contributed by atoms with Gasteiger partial charge in [-0.25, -0.2) is 4.79 Å². The van der Waals surface area contributed by atoms with Crippen molar-refractivity contribution in [3.05, 3.63) is 12.0 Å². The van der Waals surface area contributed by atoms with Crippen LogP contribution < -0.4 is 5.32 Å². The SMILES string of the molecule is CCCCCC(C)(C)CNc1nc(C(=O)O)co1. The van der Waals surface area contributed by atoms with Crippen molar-refractivity contribution in [2.45, 2.75) is 46.5 Å². The molecule has 0 spiro atoms. The second-order valence-electron chi connectivity index (χ2n) is 5.32. The normalized spacial score (nSPS) is 11.5. The molecule has 0 fully saturated rings. The van der Waals surface area contributed by atoms with Crippen molar-refractivity contribution in [2.24, 2.45) is 5.41 Å². The standard InChI is InChI=1S/C13H22N2O3/c1-4-5-6-7-13(2,3)9-14-12-15-10(8-18-12)11(16)17/h8H,4-7,9H2,1-3H3,(H,14,15)(H,16,17). The fourth-order valence-corrected chi connectivity index (χ4v) is 1.71. The third-order valence-corrected chi connectivity index (χ3v) is 2.90. The minimum atomic E-state index is -1.07. The molecule has 1 heterocycles. The van der Waals surface area contributed by atoms with Crippen LogP contribution in [0, 0.1) is 5.41 Å². The number of carboxylic acid groups (broad SMARTS) is 1. The molecule has 5 heteroatoms. The van der Waals surface area contributed by atoms with Crippen LogP contribution in [0.1, 0.15) is 56.9 Å². The molecule has 5 nitrogen and oxygen atoms in total. The fraction of sp³-hybridized carbons (Fsp3) is 0.692. The molecule has 0 atom stereocenters. The van der Waals surface area contributed by atoms with E-state index in [0.717, 1.165) is 19.2 Å². The Kier molecular flexibility index (Phi) is 5.19. The molecule has 0 radical (unpaired) electrons. The van der Waals surface area contributed by atoms with Crippen LogP contribution >= 0.6 is 0 Å². The van der Waals surface area contributed by atoms with Gasteiger partial charge in [0.2, 0.25) is 0 Å². The van der Waals surface area contributed by atoms with Crippen LogP contribution in [0.15, 0.2) is 10.7 Å². The number of aromatic nitrogens is 1. The van der Waals surface area contributed by atoms with E-state index in [1.54, 1.807) is 0 Å². The van der Waals surface area contributed by atoms with Crippen molar-refractivity contribution in [3.63, 3.8) is 0 Å². The molecule has 0 saturated heterocycles. The molecule has 18 heavy (non-hydrogen) atoms. The molecule has 0 aliphatic rings. The zero-order valence-corrected chi connectivity index (χ0v) is 11.3. The first-order valence-corrected chi connectivity index (χ1v) is 6.37. The van der Waals surface area contributed by atoms with Crippen molar-refractivity contribution in [3.8, 4) is 0 Å². The van der Waals surface area contributed by atoms with Gasteiger partial charge < -0.3 is 14.8 Å². The molecule has 0 saturated carbocycles. The molecule has 1 aromatic rings. The summed E-state index contributed by atoms with van der Waals surface area (Å²) in [5.74, 6) is -1.07. The molecule has 102 valence electrons. The van der Waals surface area contributed by atoms with Gasteiger partial charge in [-0.15, -0.1) is 0 Å². The van der Waals surface area contributed by atoms with E-state index in [2.05, 4.69) is 31.1 Å². The quantitative estimate of drug-likeness (QED) is 0.695. The number of hydrogen-bond acceptors (Lipinski definition) is 4. The Morgan fingerprint density at radius 2 is 2.22 bits per heavy atom. The van der Waals surface area contributed by atoms with Gasteiger partial charge in [-0.1, -0.05) is 40.0 Å². The Labute approximate surface area is 108 Å². The van der Waals surface area contributed by atoms with Gasteiger partial charge in [0.1, 0.15) is 6.26 Å². The monoisotopic (exact) mass is 254 g/mol. The fourth-order valence-electron chi connectivity index (χ4n) is 1.71. The zero-order valence-electron chi connectivity index (χ0n) is 11.3.